The number of hydrogen-bond donors (Lipinski definition) is 2. The standard InChI is InChI=1S/C12H15ClN2O4/c1-7(2)11(6-16)14-12(17)9-5-8(15(18)19)3-4-10(9)13/h3-5,7,11,16H,6H2,1-2H3,(H,14,17)/t11-/m1/s1. The molecule has 1 aromatic carbocycles. The highest BCUT2D eigenvalue weighted by molar-refractivity contribution is 6.33. The summed E-state index contributed by atoms with van der Waals surface area (Å²) in [7, 11) is 0. The molecule has 1 rings (SSSR count). The van der Waals surface area contributed by atoms with E-state index in [1.807, 2.05) is 13.8 Å². The van der Waals surface area contributed by atoms with Crippen molar-refractivity contribution in [2.75, 3.05) is 6.61 Å². The summed E-state index contributed by atoms with van der Waals surface area (Å²) >= 11 is 5.86. The first-order valence-electron chi connectivity index (χ1n) is 5.72. The third-order valence-electron chi connectivity index (χ3n) is 2.72. The first-order chi connectivity index (χ1) is 8.86. The maximum Gasteiger partial charge on any atom is 0.270 e. The fourth-order valence-corrected chi connectivity index (χ4v) is 1.67. The molecule has 0 saturated heterocycles. The SMILES string of the molecule is CC(C)[C@@H](CO)NC(=O)c1cc([N+](=O)[O-])ccc1Cl. The summed E-state index contributed by atoms with van der Waals surface area (Å²) in [4.78, 5) is 22.1. The molecule has 1 aromatic rings. The molecule has 0 aliphatic carbocycles. The van der Waals surface area contributed by atoms with E-state index >= 15 is 0 Å². The number of benzene rings is 1. The minimum absolute atomic E-state index is 0.0231. The van der Waals surface area contributed by atoms with Crippen LogP contribution in [0.25, 0.3) is 0 Å². The summed E-state index contributed by atoms with van der Waals surface area (Å²) in [6.45, 7) is 3.47. The highest BCUT2D eigenvalue weighted by atomic mass is 35.5. The molecule has 2 N–H and O–H groups in total. The molecular weight excluding hydrogens is 272 g/mol. The van der Waals surface area contributed by atoms with E-state index in [1.165, 1.54) is 12.1 Å². The van der Waals surface area contributed by atoms with Gasteiger partial charge in [-0.3, -0.25) is 14.9 Å². The lowest BCUT2D eigenvalue weighted by atomic mass is 10.0. The van der Waals surface area contributed by atoms with Gasteiger partial charge < -0.3 is 10.4 Å². The van der Waals surface area contributed by atoms with Crippen LogP contribution in [-0.4, -0.2) is 28.6 Å². The largest absolute Gasteiger partial charge is 0.394 e. The van der Waals surface area contributed by atoms with Crippen LogP contribution in [0.3, 0.4) is 0 Å². The van der Waals surface area contributed by atoms with Crippen molar-refractivity contribution < 1.29 is 14.8 Å². The Morgan fingerprint density at radius 3 is 2.63 bits per heavy atom. The minimum Gasteiger partial charge on any atom is -0.394 e. The zero-order valence-electron chi connectivity index (χ0n) is 10.6. The Labute approximate surface area is 115 Å². The van der Waals surface area contributed by atoms with Crippen LogP contribution >= 0.6 is 11.6 Å². The topological polar surface area (TPSA) is 92.5 Å². The lowest BCUT2D eigenvalue weighted by Gasteiger charge is -2.20. The van der Waals surface area contributed by atoms with Crippen LogP contribution in [0.2, 0.25) is 5.02 Å². The number of nitrogens with zero attached hydrogens (tertiary/aromatic N) is 1. The number of non-ortho nitro benzene ring substituents is 1. The smallest absolute Gasteiger partial charge is 0.270 e. The van der Waals surface area contributed by atoms with Gasteiger partial charge in [0, 0.05) is 12.1 Å². The molecule has 104 valence electrons. The summed E-state index contributed by atoms with van der Waals surface area (Å²) in [5, 5.41) is 22.5. The van der Waals surface area contributed by atoms with Crippen LogP contribution in [0.4, 0.5) is 5.69 Å². The predicted molar refractivity (Wildman–Crippen MR) is 71.3 cm³/mol. The summed E-state index contributed by atoms with van der Waals surface area (Å²) < 4.78 is 0. The second kappa shape index (κ2) is 6.49. The van der Waals surface area contributed by atoms with Gasteiger partial charge in [-0.1, -0.05) is 25.4 Å². The molecule has 0 aliphatic rings. The van der Waals surface area contributed by atoms with Crippen LogP contribution in [-0.2, 0) is 0 Å². The van der Waals surface area contributed by atoms with Crippen molar-refractivity contribution >= 4 is 23.2 Å². The van der Waals surface area contributed by atoms with Crippen LogP contribution in [0.15, 0.2) is 18.2 Å². The van der Waals surface area contributed by atoms with Gasteiger partial charge in [-0.2, -0.15) is 0 Å². The molecule has 0 radical (unpaired) electrons. The van der Waals surface area contributed by atoms with Crippen LogP contribution < -0.4 is 5.32 Å². The molecule has 7 heteroatoms. The average Bonchev–Trinajstić information content (AvgIpc) is 2.35. The number of halogens is 1. The predicted octanol–water partition coefficient (Wildman–Crippen LogP) is 1.99. The van der Waals surface area contributed by atoms with Crippen molar-refractivity contribution in [2.24, 2.45) is 5.92 Å². The highest BCUT2D eigenvalue weighted by Gasteiger charge is 2.20. The second-order valence-corrected chi connectivity index (χ2v) is 4.84. The molecule has 0 fully saturated rings. The lowest BCUT2D eigenvalue weighted by molar-refractivity contribution is -0.384. The quantitative estimate of drug-likeness (QED) is 0.639. The number of amides is 1. The number of nitro benzene ring substituents is 1. The molecule has 0 aliphatic heterocycles. The molecule has 6 nitrogen and oxygen atoms in total. The molecule has 0 spiro atoms. The number of aliphatic hydroxyl groups excluding tert-OH is 1. The number of nitrogens with one attached hydrogen (secondary N) is 1. The molecule has 0 heterocycles. The van der Waals surface area contributed by atoms with Crippen molar-refractivity contribution in [1.82, 2.24) is 5.32 Å². The molecule has 0 aromatic heterocycles. The van der Waals surface area contributed by atoms with E-state index in [1.54, 1.807) is 0 Å². The molecule has 0 unspecified atom stereocenters. The molecule has 1 atom stereocenters. The second-order valence-electron chi connectivity index (χ2n) is 4.43. The molecular formula is C12H15ClN2O4. The Bertz CT molecular complexity index is 491. The number of carbonyl (C=O) groups excluding carboxylic acids is 1. The van der Waals surface area contributed by atoms with Crippen molar-refractivity contribution in [2.45, 2.75) is 19.9 Å². The highest BCUT2D eigenvalue weighted by Crippen LogP contribution is 2.22. The van der Waals surface area contributed by atoms with E-state index < -0.39 is 16.9 Å². The first kappa shape index (κ1) is 15.4. The summed E-state index contributed by atoms with van der Waals surface area (Å²) in [5.74, 6) is -0.507. The van der Waals surface area contributed by atoms with Gasteiger partial charge in [-0.15, -0.1) is 0 Å². The van der Waals surface area contributed by atoms with Crippen molar-refractivity contribution in [3.8, 4) is 0 Å². The average molecular weight is 287 g/mol. The van der Waals surface area contributed by atoms with Crippen molar-refractivity contribution in [1.29, 1.82) is 0 Å². The Hall–Kier alpha value is -1.66. The van der Waals surface area contributed by atoms with Crippen LogP contribution in [0.1, 0.15) is 24.2 Å². The van der Waals surface area contributed by atoms with Crippen molar-refractivity contribution in [3.05, 3.63) is 38.9 Å². The van der Waals surface area contributed by atoms with E-state index in [-0.39, 0.29) is 28.8 Å². The lowest BCUT2D eigenvalue weighted by Crippen LogP contribution is -2.41. The Kier molecular flexibility index (Phi) is 5.26. The van der Waals surface area contributed by atoms with Gasteiger partial charge in [0.15, 0.2) is 0 Å². The number of aliphatic hydroxyl groups is 1. The monoisotopic (exact) mass is 286 g/mol. The van der Waals surface area contributed by atoms with E-state index in [0.717, 1.165) is 6.07 Å². The van der Waals surface area contributed by atoms with Gasteiger partial charge in [0.2, 0.25) is 0 Å². The molecule has 0 saturated carbocycles. The van der Waals surface area contributed by atoms with E-state index in [4.69, 9.17) is 16.7 Å². The zero-order valence-corrected chi connectivity index (χ0v) is 11.3. The Balaban J connectivity index is 2.99. The zero-order chi connectivity index (χ0) is 14.6. The van der Waals surface area contributed by atoms with Gasteiger partial charge >= 0.3 is 0 Å². The van der Waals surface area contributed by atoms with Crippen LogP contribution in [0, 0.1) is 16.0 Å². The normalized spacial score (nSPS) is 12.3. The van der Waals surface area contributed by atoms with Gasteiger partial charge in [0.05, 0.1) is 28.2 Å². The molecule has 1 amide bonds. The number of rotatable bonds is 5. The Morgan fingerprint density at radius 2 is 2.16 bits per heavy atom. The van der Waals surface area contributed by atoms with Gasteiger partial charge in [-0.25, -0.2) is 0 Å². The van der Waals surface area contributed by atoms with E-state index in [0.29, 0.717) is 0 Å². The van der Waals surface area contributed by atoms with Gasteiger partial charge in [-0.05, 0) is 12.0 Å². The van der Waals surface area contributed by atoms with Crippen LogP contribution in [0.5, 0.6) is 0 Å². The van der Waals surface area contributed by atoms with Gasteiger partial charge in [0.25, 0.3) is 11.6 Å². The van der Waals surface area contributed by atoms with Crippen molar-refractivity contribution in [3.63, 3.8) is 0 Å². The Morgan fingerprint density at radius 1 is 1.53 bits per heavy atom. The number of carbonyl (C=O) groups is 1. The number of nitro groups is 1. The van der Waals surface area contributed by atoms with E-state index in [2.05, 4.69) is 5.32 Å². The fourth-order valence-electron chi connectivity index (χ4n) is 1.47. The molecule has 0 bridgehead atoms. The first-order valence-corrected chi connectivity index (χ1v) is 6.10. The summed E-state index contributed by atoms with van der Waals surface area (Å²) in [6.07, 6.45) is 0. The summed E-state index contributed by atoms with van der Waals surface area (Å²) in [5.41, 5.74) is -0.186. The van der Waals surface area contributed by atoms with E-state index in [9.17, 15) is 14.9 Å². The molecule has 19 heavy (non-hydrogen) atoms. The maximum atomic E-state index is 12.0. The summed E-state index contributed by atoms with van der Waals surface area (Å²) in [6, 6.07) is 3.22. The third kappa shape index (κ3) is 3.90. The third-order valence-corrected chi connectivity index (χ3v) is 3.05. The minimum atomic E-state index is -0.598. The fraction of sp³-hybridized carbons (Fsp3) is 0.417. The number of hydrogen-bond acceptors (Lipinski definition) is 4. The maximum absolute atomic E-state index is 12.0. The van der Waals surface area contributed by atoms with Gasteiger partial charge in [0.1, 0.15) is 0 Å².